The fraction of sp³-hybridized carbons (Fsp3) is 0.647. The Balaban J connectivity index is 1.78. The van der Waals surface area contributed by atoms with Crippen LogP contribution in [-0.2, 0) is 11.2 Å². The van der Waals surface area contributed by atoms with Crippen molar-refractivity contribution in [2.75, 3.05) is 6.61 Å². The molecule has 2 aromatic heterocycles. The van der Waals surface area contributed by atoms with Crippen molar-refractivity contribution in [2.24, 2.45) is 0 Å². The molecule has 1 aliphatic heterocycles. The van der Waals surface area contributed by atoms with Gasteiger partial charge in [0.15, 0.2) is 0 Å². The van der Waals surface area contributed by atoms with Crippen molar-refractivity contribution in [3.63, 3.8) is 0 Å². The summed E-state index contributed by atoms with van der Waals surface area (Å²) in [5, 5.41) is 18.1. The molecule has 1 unspecified atom stereocenters. The number of aryl methyl sites for hydroxylation is 2. The van der Waals surface area contributed by atoms with Crippen molar-refractivity contribution in [1.29, 1.82) is 0 Å². The summed E-state index contributed by atoms with van der Waals surface area (Å²) in [5.41, 5.74) is 0.404. The first-order valence-corrected chi connectivity index (χ1v) is 9.02. The Hall–Kier alpha value is -2.26. The van der Waals surface area contributed by atoms with Gasteiger partial charge in [-0.05, 0) is 19.8 Å². The van der Waals surface area contributed by atoms with Crippen molar-refractivity contribution >= 4 is 0 Å². The normalized spacial score (nSPS) is 22.8. The highest BCUT2D eigenvalue weighted by atomic mass is 16.5. The van der Waals surface area contributed by atoms with Crippen LogP contribution in [0.15, 0.2) is 22.0 Å². The van der Waals surface area contributed by atoms with Crippen LogP contribution >= 0.6 is 0 Å². The van der Waals surface area contributed by atoms with E-state index >= 15 is 0 Å². The number of aromatic nitrogens is 5. The molecule has 3 rings (SSSR count). The zero-order chi connectivity index (χ0) is 18.7. The molecule has 0 saturated carbocycles. The quantitative estimate of drug-likeness (QED) is 0.700. The van der Waals surface area contributed by atoms with Crippen molar-refractivity contribution in [3.05, 3.63) is 44.5 Å². The third-order valence-corrected chi connectivity index (χ3v) is 4.77. The molecule has 9 nitrogen and oxygen atoms in total. The van der Waals surface area contributed by atoms with Crippen LogP contribution in [0, 0.1) is 6.92 Å². The summed E-state index contributed by atoms with van der Waals surface area (Å²) in [5.74, 6) is 0. The lowest BCUT2D eigenvalue weighted by Crippen LogP contribution is -2.33. The second-order valence-electron chi connectivity index (χ2n) is 6.74. The Bertz CT molecular complexity index is 855. The first-order chi connectivity index (χ1) is 12.5. The van der Waals surface area contributed by atoms with Gasteiger partial charge in [0.05, 0.1) is 18.3 Å². The number of nitrogens with zero attached hydrogens (tertiary/aromatic N) is 4. The molecule has 1 saturated heterocycles. The van der Waals surface area contributed by atoms with Gasteiger partial charge in [-0.1, -0.05) is 25.0 Å². The predicted molar refractivity (Wildman–Crippen MR) is 94.0 cm³/mol. The van der Waals surface area contributed by atoms with Gasteiger partial charge in [0, 0.05) is 24.4 Å². The fourth-order valence-electron chi connectivity index (χ4n) is 3.27. The average molecular weight is 363 g/mol. The fourth-order valence-corrected chi connectivity index (χ4v) is 3.27. The van der Waals surface area contributed by atoms with E-state index in [1.807, 2.05) is 6.20 Å². The summed E-state index contributed by atoms with van der Waals surface area (Å²) in [6.07, 6.45) is 6.98. The minimum atomic E-state index is -0.576. The summed E-state index contributed by atoms with van der Waals surface area (Å²) in [6, 6.07) is -0.225. The third kappa shape index (κ3) is 3.78. The first kappa shape index (κ1) is 18.5. The highest BCUT2D eigenvalue weighted by Gasteiger charge is 2.38. The van der Waals surface area contributed by atoms with Crippen LogP contribution in [0.2, 0.25) is 0 Å². The Morgan fingerprint density at radius 3 is 2.88 bits per heavy atom. The van der Waals surface area contributed by atoms with Crippen LogP contribution < -0.4 is 11.2 Å². The number of ether oxygens (including phenoxy) is 1. The summed E-state index contributed by atoms with van der Waals surface area (Å²) < 4.78 is 8.92. The molecule has 0 aromatic carbocycles. The lowest BCUT2D eigenvalue weighted by Gasteiger charge is -2.15. The largest absolute Gasteiger partial charge is 0.394 e. The molecular weight excluding hydrogens is 338 g/mol. The first-order valence-electron chi connectivity index (χ1n) is 9.02. The van der Waals surface area contributed by atoms with Crippen LogP contribution in [0.25, 0.3) is 0 Å². The molecule has 142 valence electrons. The Morgan fingerprint density at radius 2 is 2.15 bits per heavy atom. The van der Waals surface area contributed by atoms with Crippen LogP contribution in [0.3, 0.4) is 0 Å². The Kier molecular flexibility index (Phi) is 5.67. The zero-order valence-corrected chi connectivity index (χ0v) is 15.1. The van der Waals surface area contributed by atoms with E-state index in [2.05, 4.69) is 22.2 Å². The summed E-state index contributed by atoms with van der Waals surface area (Å²) >= 11 is 0. The van der Waals surface area contributed by atoms with Gasteiger partial charge in [-0.3, -0.25) is 14.3 Å². The lowest BCUT2D eigenvalue weighted by atomic mass is 10.1. The maximum absolute atomic E-state index is 12.1. The van der Waals surface area contributed by atoms with E-state index in [1.54, 1.807) is 11.6 Å². The molecule has 26 heavy (non-hydrogen) atoms. The van der Waals surface area contributed by atoms with Gasteiger partial charge in [-0.2, -0.15) is 0 Å². The minimum absolute atomic E-state index is 0.191. The zero-order valence-electron chi connectivity index (χ0n) is 15.1. The smallest absolute Gasteiger partial charge is 0.330 e. The molecule has 9 heteroatoms. The highest BCUT2D eigenvalue weighted by molar-refractivity contribution is 5.02. The number of unbranched alkanes of at least 4 members (excludes halogenated alkanes) is 2. The second-order valence-corrected chi connectivity index (χ2v) is 6.74. The van der Waals surface area contributed by atoms with Crippen molar-refractivity contribution in [1.82, 2.24) is 24.5 Å². The SMILES string of the molecule is CCCCCc1cn([C@H]2CC(n3cc(C)c(=O)[nH]c3=O)O[C@@H]2CO)nn1. The summed E-state index contributed by atoms with van der Waals surface area (Å²) in [6.45, 7) is 3.59. The number of aliphatic hydroxyl groups excluding tert-OH is 1. The molecule has 3 heterocycles. The van der Waals surface area contributed by atoms with E-state index in [0.29, 0.717) is 12.0 Å². The van der Waals surface area contributed by atoms with E-state index in [9.17, 15) is 14.7 Å². The highest BCUT2D eigenvalue weighted by Crippen LogP contribution is 2.35. The van der Waals surface area contributed by atoms with Crippen LogP contribution in [0.4, 0.5) is 0 Å². The molecule has 3 atom stereocenters. The van der Waals surface area contributed by atoms with Gasteiger partial charge < -0.3 is 9.84 Å². The Labute approximate surface area is 150 Å². The Morgan fingerprint density at radius 1 is 1.35 bits per heavy atom. The number of aliphatic hydroxyl groups is 1. The molecule has 2 N–H and O–H groups in total. The molecular formula is C17H25N5O4. The van der Waals surface area contributed by atoms with E-state index in [4.69, 9.17) is 4.74 Å². The number of rotatable bonds is 7. The minimum Gasteiger partial charge on any atom is -0.394 e. The monoisotopic (exact) mass is 363 g/mol. The lowest BCUT2D eigenvalue weighted by molar-refractivity contribution is -0.0323. The van der Waals surface area contributed by atoms with Crippen LogP contribution in [-0.4, -0.2) is 42.4 Å². The average Bonchev–Trinajstić information content (AvgIpc) is 3.24. The molecule has 0 aliphatic carbocycles. The molecule has 1 aliphatic rings. The second kappa shape index (κ2) is 7.96. The summed E-state index contributed by atoms with van der Waals surface area (Å²) in [7, 11) is 0. The van der Waals surface area contributed by atoms with Crippen molar-refractivity contribution in [3.8, 4) is 0 Å². The topological polar surface area (TPSA) is 115 Å². The van der Waals surface area contributed by atoms with Gasteiger partial charge in [0.2, 0.25) is 0 Å². The van der Waals surface area contributed by atoms with Gasteiger partial charge in [0.1, 0.15) is 12.3 Å². The number of nitrogens with one attached hydrogen (secondary N) is 1. The van der Waals surface area contributed by atoms with Crippen molar-refractivity contribution < 1.29 is 9.84 Å². The number of hydrogen-bond donors (Lipinski definition) is 2. The van der Waals surface area contributed by atoms with E-state index in [1.165, 1.54) is 10.8 Å². The van der Waals surface area contributed by atoms with E-state index in [-0.39, 0.29) is 12.6 Å². The maximum Gasteiger partial charge on any atom is 0.330 e. The van der Waals surface area contributed by atoms with Gasteiger partial charge in [-0.15, -0.1) is 5.10 Å². The molecule has 1 fully saturated rings. The van der Waals surface area contributed by atoms with Crippen LogP contribution in [0.5, 0.6) is 0 Å². The predicted octanol–water partition coefficient (Wildman–Crippen LogP) is 0.690. The van der Waals surface area contributed by atoms with Gasteiger partial charge >= 0.3 is 5.69 Å². The summed E-state index contributed by atoms with van der Waals surface area (Å²) in [4.78, 5) is 25.9. The molecule has 0 radical (unpaired) electrons. The maximum atomic E-state index is 12.1. The molecule has 0 bridgehead atoms. The standard InChI is InChI=1S/C17H25N5O4/c1-3-4-5-6-12-9-22(20-19-12)13-7-15(26-14(13)10-23)21-8-11(2)16(24)18-17(21)25/h8-9,13-15,23H,3-7,10H2,1-2H3,(H,18,24,25)/t13-,14+,15?/m0/s1. The molecule has 0 amide bonds. The molecule has 2 aromatic rings. The van der Waals surface area contributed by atoms with Crippen molar-refractivity contribution in [2.45, 2.75) is 64.3 Å². The third-order valence-electron chi connectivity index (χ3n) is 4.77. The number of aromatic amines is 1. The van der Waals surface area contributed by atoms with Gasteiger partial charge in [-0.25, -0.2) is 9.48 Å². The number of H-pyrrole nitrogens is 1. The van der Waals surface area contributed by atoms with E-state index in [0.717, 1.165) is 31.4 Å². The van der Waals surface area contributed by atoms with Gasteiger partial charge in [0.25, 0.3) is 5.56 Å². The molecule has 0 spiro atoms. The van der Waals surface area contributed by atoms with E-state index < -0.39 is 23.6 Å². The van der Waals surface area contributed by atoms with Crippen LogP contribution in [0.1, 0.15) is 56.1 Å². The number of hydrogen-bond acceptors (Lipinski definition) is 6.